The van der Waals surface area contributed by atoms with Crippen molar-refractivity contribution in [3.63, 3.8) is 0 Å². The molecule has 3 heterocycles. The van der Waals surface area contributed by atoms with E-state index in [2.05, 4.69) is 10.2 Å². The second-order valence-electron chi connectivity index (χ2n) is 9.18. The first-order chi connectivity index (χ1) is 15.9. The molecule has 0 spiro atoms. The Balaban J connectivity index is 1.23. The fourth-order valence-corrected chi connectivity index (χ4v) is 5.48. The Hall–Kier alpha value is -3.00. The Bertz CT molecular complexity index is 1180. The molecule has 2 aliphatic heterocycles. The minimum absolute atomic E-state index is 0.0381. The number of piperidine rings is 1. The van der Waals surface area contributed by atoms with Crippen molar-refractivity contribution in [2.45, 2.75) is 44.6 Å². The van der Waals surface area contributed by atoms with Crippen LogP contribution in [-0.4, -0.2) is 46.3 Å². The number of hydrogen-bond acceptors (Lipinski definition) is 6. The van der Waals surface area contributed by atoms with Crippen LogP contribution in [0.4, 0.5) is 4.39 Å². The van der Waals surface area contributed by atoms with E-state index in [0.29, 0.717) is 29.4 Å². The third-order valence-corrected chi connectivity index (χ3v) is 7.19. The number of aromatic nitrogens is 2. The number of ether oxygens (including phenoxy) is 2. The summed E-state index contributed by atoms with van der Waals surface area (Å²) in [5, 5.41) is 9.92. The average Bonchev–Trinajstić information content (AvgIpc) is 3.41. The van der Waals surface area contributed by atoms with Crippen molar-refractivity contribution in [1.82, 2.24) is 15.1 Å². The summed E-state index contributed by atoms with van der Waals surface area (Å²) in [4.78, 5) is 14.8. The number of amides is 1. The topological polar surface area (TPSA) is 64.5 Å². The molecular weight excluding hydrogens is 441 g/mol. The summed E-state index contributed by atoms with van der Waals surface area (Å²) in [6.45, 7) is 5.30. The van der Waals surface area contributed by atoms with E-state index in [1.807, 2.05) is 36.9 Å². The van der Waals surface area contributed by atoms with E-state index in [4.69, 9.17) is 9.47 Å². The molecule has 1 saturated heterocycles. The summed E-state index contributed by atoms with van der Waals surface area (Å²) in [6, 6.07) is 12.4. The molecule has 1 amide bonds. The van der Waals surface area contributed by atoms with E-state index >= 15 is 0 Å². The summed E-state index contributed by atoms with van der Waals surface area (Å²) in [7, 11) is 0. The number of carbonyl (C=O) groups is 1. The van der Waals surface area contributed by atoms with Crippen molar-refractivity contribution in [1.29, 1.82) is 0 Å². The van der Waals surface area contributed by atoms with Gasteiger partial charge in [0, 0.05) is 36.6 Å². The standard InChI is InChI=1S/C25H26FN3O3S/c1-25(2)13-16-7-5-11-20(22(16)32-25)31-15-21(30)29-12-6-8-17(14-29)23-27-28-24(33-23)18-9-3-4-10-19(18)26/h3-5,7,9-11,17H,6,8,12-15H2,1-2H3. The maximum atomic E-state index is 14.1. The minimum atomic E-state index is -0.308. The van der Waals surface area contributed by atoms with Crippen LogP contribution in [0.2, 0.25) is 0 Å². The second kappa shape index (κ2) is 8.74. The molecule has 1 fully saturated rings. The lowest BCUT2D eigenvalue weighted by molar-refractivity contribution is -0.134. The molecule has 5 rings (SSSR count). The number of rotatable bonds is 5. The van der Waals surface area contributed by atoms with Crippen LogP contribution < -0.4 is 9.47 Å². The highest BCUT2D eigenvalue weighted by molar-refractivity contribution is 7.14. The van der Waals surface area contributed by atoms with E-state index in [1.165, 1.54) is 17.4 Å². The number of benzene rings is 2. The van der Waals surface area contributed by atoms with Crippen molar-refractivity contribution in [2.75, 3.05) is 19.7 Å². The number of likely N-dealkylation sites (tertiary alicyclic amines) is 1. The van der Waals surface area contributed by atoms with Gasteiger partial charge in [0.05, 0.1) is 0 Å². The molecule has 2 aromatic carbocycles. The Morgan fingerprint density at radius 2 is 2.09 bits per heavy atom. The lowest BCUT2D eigenvalue weighted by Gasteiger charge is -2.31. The van der Waals surface area contributed by atoms with Gasteiger partial charge in [-0.15, -0.1) is 10.2 Å². The van der Waals surface area contributed by atoms with E-state index in [1.54, 1.807) is 18.2 Å². The van der Waals surface area contributed by atoms with Gasteiger partial charge >= 0.3 is 0 Å². The predicted molar refractivity (Wildman–Crippen MR) is 124 cm³/mol. The first kappa shape index (κ1) is 21.8. The van der Waals surface area contributed by atoms with Crippen LogP contribution in [0.25, 0.3) is 10.6 Å². The van der Waals surface area contributed by atoms with Gasteiger partial charge in [-0.2, -0.15) is 0 Å². The van der Waals surface area contributed by atoms with Gasteiger partial charge in [-0.1, -0.05) is 35.6 Å². The molecule has 1 aromatic heterocycles. The zero-order valence-corrected chi connectivity index (χ0v) is 19.5. The molecule has 33 heavy (non-hydrogen) atoms. The van der Waals surface area contributed by atoms with Gasteiger partial charge in [-0.05, 0) is 44.9 Å². The SMILES string of the molecule is CC1(C)Cc2cccc(OCC(=O)N3CCCC(c4nnc(-c5ccccc5F)s4)C3)c2O1. The van der Waals surface area contributed by atoms with E-state index < -0.39 is 0 Å². The largest absolute Gasteiger partial charge is 0.483 e. The zero-order chi connectivity index (χ0) is 23.0. The molecule has 8 heteroatoms. The quantitative estimate of drug-likeness (QED) is 0.537. The van der Waals surface area contributed by atoms with Gasteiger partial charge < -0.3 is 14.4 Å². The molecule has 3 aromatic rings. The Morgan fingerprint density at radius 3 is 2.94 bits per heavy atom. The molecule has 0 N–H and O–H groups in total. The van der Waals surface area contributed by atoms with Gasteiger partial charge in [0.25, 0.3) is 5.91 Å². The van der Waals surface area contributed by atoms with E-state index in [9.17, 15) is 9.18 Å². The maximum absolute atomic E-state index is 14.1. The first-order valence-corrected chi connectivity index (χ1v) is 12.0. The average molecular weight is 468 g/mol. The van der Waals surface area contributed by atoms with Crippen LogP contribution in [0.1, 0.15) is 43.2 Å². The van der Waals surface area contributed by atoms with Crippen molar-refractivity contribution < 1.29 is 18.7 Å². The van der Waals surface area contributed by atoms with Crippen LogP contribution in [0.5, 0.6) is 11.5 Å². The van der Waals surface area contributed by atoms with Crippen molar-refractivity contribution in [3.8, 4) is 22.1 Å². The van der Waals surface area contributed by atoms with Crippen LogP contribution in [0.3, 0.4) is 0 Å². The number of halogens is 1. The molecule has 172 valence electrons. The van der Waals surface area contributed by atoms with Gasteiger partial charge in [0.2, 0.25) is 0 Å². The molecule has 1 atom stereocenters. The highest BCUT2D eigenvalue weighted by atomic mass is 32.1. The van der Waals surface area contributed by atoms with Crippen molar-refractivity contribution in [3.05, 3.63) is 58.9 Å². The van der Waals surface area contributed by atoms with Gasteiger partial charge in [0.15, 0.2) is 23.1 Å². The van der Waals surface area contributed by atoms with E-state index in [-0.39, 0.29) is 29.9 Å². The zero-order valence-electron chi connectivity index (χ0n) is 18.7. The normalized spacial score (nSPS) is 19.1. The number of hydrogen-bond donors (Lipinski definition) is 0. The summed E-state index contributed by atoms with van der Waals surface area (Å²) in [5.41, 5.74) is 1.29. The van der Waals surface area contributed by atoms with E-state index in [0.717, 1.165) is 35.6 Å². The molecule has 0 aliphatic carbocycles. The van der Waals surface area contributed by atoms with Crippen LogP contribution in [0.15, 0.2) is 42.5 Å². The first-order valence-electron chi connectivity index (χ1n) is 11.2. The highest BCUT2D eigenvalue weighted by Gasteiger charge is 2.33. The number of para-hydroxylation sites is 1. The van der Waals surface area contributed by atoms with Gasteiger partial charge in [0.1, 0.15) is 16.4 Å². The van der Waals surface area contributed by atoms with Crippen molar-refractivity contribution >= 4 is 17.2 Å². The monoisotopic (exact) mass is 467 g/mol. The lowest BCUT2D eigenvalue weighted by Crippen LogP contribution is -2.41. The predicted octanol–water partition coefficient (Wildman–Crippen LogP) is 4.84. The fourth-order valence-electron chi connectivity index (χ4n) is 4.48. The number of carbonyl (C=O) groups excluding carboxylic acids is 1. The smallest absolute Gasteiger partial charge is 0.260 e. The van der Waals surface area contributed by atoms with Gasteiger partial charge in [-0.25, -0.2) is 4.39 Å². The van der Waals surface area contributed by atoms with Crippen molar-refractivity contribution in [2.24, 2.45) is 0 Å². The summed E-state index contributed by atoms with van der Waals surface area (Å²) in [5.74, 6) is 1.07. The van der Waals surface area contributed by atoms with Gasteiger partial charge in [-0.3, -0.25) is 4.79 Å². The Labute approximate surface area is 196 Å². The Kier molecular flexibility index (Phi) is 5.78. The van der Waals surface area contributed by atoms with Crippen LogP contribution >= 0.6 is 11.3 Å². The molecule has 0 bridgehead atoms. The van der Waals surface area contributed by atoms with Crippen LogP contribution in [0, 0.1) is 5.82 Å². The molecule has 0 radical (unpaired) electrons. The minimum Gasteiger partial charge on any atom is -0.483 e. The summed E-state index contributed by atoms with van der Waals surface area (Å²) in [6.07, 6.45) is 2.62. The second-order valence-corrected chi connectivity index (χ2v) is 10.2. The molecule has 0 saturated carbocycles. The molecule has 2 aliphatic rings. The highest BCUT2D eigenvalue weighted by Crippen LogP contribution is 2.41. The fraction of sp³-hybridized carbons (Fsp3) is 0.400. The lowest BCUT2D eigenvalue weighted by atomic mass is 9.99. The maximum Gasteiger partial charge on any atom is 0.260 e. The molecule has 1 unspecified atom stereocenters. The third-order valence-electron chi connectivity index (χ3n) is 6.07. The summed E-state index contributed by atoms with van der Waals surface area (Å²) < 4.78 is 26.0. The Morgan fingerprint density at radius 1 is 1.24 bits per heavy atom. The molecular formula is C25H26FN3O3S. The molecule has 6 nitrogen and oxygen atoms in total. The number of nitrogens with zero attached hydrogens (tertiary/aromatic N) is 3. The number of fused-ring (bicyclic) bond motifs is 1. The third kappa shape index (κ3) is 4.57. The van der Waals surface area contributed by atoms with Crippen LogP contribution in [-0.2, 0) is 11.2 Å². The summed E-state index contributed by atoms with van der Waals surface area (Å²) >= 11 is 1.40.